The van der Waals surface area contributed by atoms with Crippen LogP contribution >= 0.6 is 11.6 Å². The van der Waals surface area contributed by atoms with Gasteiger partial charge in [-0.1, -0.05) is 11.6 Å². The van der Waals surface area contributed by atoms with Gasteiger partial charge in [-0.2, -0.15) is 5.10 Å². The summed E-state index contributed by atoms with van der Waals surface area (Å²) in [6.07, 6.45) is 0.414. The highest BCUT2D eigenvalue weighted by Gasteiger charge is 2.70. The highest BCUT2D eigenvalue weighted by Crippen LogP contribution is 2.65. The fourth-order valence-corrected chi connectivity index (χ4v) is 4.32. The maximum absolute atomic E-state index is 12.2. The molecule has 168 valence electrons. The van der Waals surface area contributed by atoms with Crippen molar-refractivity contribution < 1.29 is 37.3 Å². The van der Waals surface area contributed by atoms with Crippen LogP contribution in [-0.2, 0) is 15.1 Å². The number of phenolic OH excluding ortho intramolecular Hbond substituents is 1. The number of phenols is 1. The highest BCUT2D eigenvalue weighted by atomic mass is 35.5. The quantitative estimate of drug-likeness (QED) is 0.557. The number of halogens is 4. The minimum atomic E-state index is -4.68. The topological polar surface area (TPSA) is 94.8 Å². The summed E-state index contributed by atoms with van der Waals surface area (Å²) in [4.78, 5) is 12.2. The molecule has 3 fully saturated rings. The lowest BCUT2D eigenvalue weighted by Crippen LogP contribution is -2.79. The second-order valence-electron chi connectivity index (χ2n) is 7.75. The van der Waals surface area contributed by atoms with Gasteiger partial charge >= 0.3 is 6.36 Å². The minimum absolute atomic E-state index is 0.147. The molecule has 31 heavy (non-hydrogen) atoms. The number of amides is 1. The minimum Gasteiger partial charge on any atom is -0.504 e. The van der Waals surface area contributed by atoms with E-state index in [1.54, 1.807) is 16.9 Å². The van der Waals surface area contributed by atoms with E-state index in [2.05, 4.69) is 15.2 Å². The third kappa shape index (κ3) is 4.67. The van der Waals surface area contributed by atoms with Gasteiger partial charge in [0.1, 0.15) is 6.61 Å². The molecule has 0 radical (unpaired) electrons. The zero-order chi connectivity index (χ0) is 22.3. The summed E-state index contributed by atoms with van der Waals surface area (Å²) in [5.74, 6) is 0.0614. The smallest absolute Gasteiger partial charge is 0.504 e. The molecule has 0 spiro atoms. The average molecular weight is 462 g/mol. The summed E-state index contributed by atoms with van der Waals surface area (Å²) in [6.45, 7) is -1.10. The number of nitrogens with one attached hydrogen (secondary N) is 1. The molecule has 3 saturated carbocycles. The van der Waals surface area contributed by atoms with Crippen LogP contribution in [0.1, 0.15) is 19.3 Å². The summed E-state index contributed by atoms with van der Waals surface area (Å²) >= 11 is 5.76. The molecular weight excluding hydrogens is 443 g/mol. The Bertz CT molecular complexity index is 961. The van der Waals surface area contributed by atoms with Gasteiger partial charge < -0.3 is 19.9 Å². The fourth-order valence-electron chi connectivity index (χ4n) is 4.15. The van der Waals surface area contributed by atoms with Crippen LogP contribution in [0.5, 0.6) is 17.2 Å². The average Bonchev–Trinajstić information content (AvgIpc) is 3.07. The Hall–Kier alpha value is -2.66. The van der Waals surface area contributed by atoms with Gasteiger partial charge in [-0.25, -0.2) is 0 Å². The van der Waals surface area contributed by atoms with Crippen LogP contribution in [0, 0.1) is 0 Å². The molecule has 2 N–H and O–H groups in total. The van der Waals surface area contributed by atoms with E-state index in [1.165, 1.54) is 18.3 Å². The first-order valence-electron chi connectivity index (χ1n) is 9.39. The zero-order valence-corrected chi connectivity index (χ0v) is 16.9. The molecule has 12 heteroatoms. The van der Waals surface area contributed by atoms with Gasteiger partial charge in [0.2, 0.25) is 0 Å². The van der Waals surface area contributed by atoms with Gasteiger partial charge in [0.15, 0.2) is 23.9 Å². The van der Waals surface area contributed by atoms with E-state index in [0.717, 1.165) is 0 Å². The molecule has 2 bridgehead atoms. The molecule has 1 amide bonds. The van der Waals surface area contributed by atoms with Crippen LogP contribution in [0.15, 0.2) is 30.6 Å². The van der Waals surface area contributed by atoms with E-state index < -0.39 is 13.0 Å². The van der Waals surface area contributed by atoms with Crippen molar-refractivity contribution in [3.8, 4) is 17.2 Å². The number of alkyl halides is 3. The number of aromatic hydroxyl groups is 1. The lowest BCUT2D eigenvalue weighted by molar-refractivity contribution is -0.325. The summed E-state index contributed by atoms with van der Waals surface area (Å²) in [6, 6.07) is 4.35. The summed E-state index contributed by atoms with van der Waals surface area (Å²) in [5.41, 5.74) is -0.553. The Kier molecular flexibility index (Phi) is 5.42. The maximum atomic E-state index is 12.2. The molecule has 3 aliphatic rings. The maximum Gasteiger partial charge on any atom is 0.522 e. The first-order valence-corrected chi connectivity index (χ1v) is 9.77. The molecule has 8 nitrogen and oxygen atoms in total. The van der Waals surface area contributed by atoms with Crippen molar-refractivity contribution in [3.63, 3.8) is 0 Å². The zero-order valence-electron chi connectivity index (χ0n) is 16.1. The molecule has 0 saturated heterocycles. The number of carbonyl (C=O) groups is 1. The van der Waals surface area contributed by atoms with Crippen molar-refractivity contribution in [2.75, 3.05) is 19.8 Å². The Morgan fingerprint density at radius 1 is 1.26 bits per heavy atom. The van der Waals surface area contributed by atoms with Crippen molar-refractivity contribution in [1.29, 1.82) is 0 Å². The normalized spacial score (nSPS) is 24.1. The van der Waals surface area contributed by atoms with Crippen molar-refractivity contribution in [2.24, 2.45) is 0 Å². The molecular formula is C19H19ClF3N3O5. The lowest BCUT2D eigenvalue weighted by atomic mass is 9.44. The van der Waals surface area contributed by atoms with Crippen LogP contribution < -0.4 is 14.8 Å². The number of aromatic nitrogens is 2. The predicted octanol–water partition coefficient (Wildman–Crippen LogP) is 2.98. The van der Waals surface area contributed by atoms with Crippen molar-refractivity contribution >= 4 is 17.5 Å². The first-order chi connectivity index (χ1) is 14.6. The number of nitrogens with zero attached hydrogens (tertiary/aromatic N) is 2. The van der Waals surface area contributed by atoms with Gasteiger partial charge in [-0.3, -0.25) is 14.2 Å². The fraction of sp³-hybridized carbons (Fsp3) is 0.474. The summed E-state index contributed by atoms with van der Waals surface area (Å²) < 4.78 is 51.8. The summed E-state index contributed by atoms with van der Waals surface area (Å²) in [7, 11) is 0. The van der Waals surface area contributed by atoms with Gasteiger partial charge in [-0.05, 0) is 31.4 Å². The largest absolute Gasteiger partial charge is 0.522 e. The molecule has 1 aromatic carbocycles. The van der Waals surface area contributed by atoms with E-state index in [-0.39, 0.29) is 41.7 Å². The van der Waals surface area contributed by atoms with E-state index in [0.29, 0.717) is 30.0 Å². The number of ether oxygens (including phenoxy) is 3. The second-order valence-corrected chi connectivity index (χ2v) is 8.18. The number of benzene rings is 1. The molecule has 2 aromatic rings. The van der Waals surface area contributed by atoms with Crippen LogP contribution in [0.2, 0.25) is 5.02 Å². The second kappa shape index (κ2) is 7.79. The van der Waals surface area contributed by atoms with Crippen LogP contribution in [0.4, 0.5) is 13.2 Å². The molecule has 0 unspecified atom stereocenters. The van der Waals surface area contributed by atoms with Crippen LogP contribution in [0.3, 0.4) is 0 Å². The molecule has 1 heterocycles. The van der Waals surface area contributed by atoms with Crippen molar-refractivity contribution in [3.05, 3.63) is 35.6 Å². The van der Waals surface area contributed by atoms with Crippen molar-refractivity contribution in [1.82, 2.24) is 15.1 Å². The standard InChI is InChI=1S/C19H19ClF3N3O5/c20-12-1-2-15(14(27)5-12)30-8-16(28)25-17-9-18(10-17,11-17)26-7-13(6-24-26)29-3-4-31-19(21,22)23/h1-2,5-7,27H,3-4,8-11H2,(H,25,28). The Morgan fingerprint density at radius 3 is 2.68 bits per heavy atom. The van der Waals surface area contributed by atoms with E-state index in [9.17, 15) is 23.1 Å². The number of rotatable bonds is 9. The van der Waals surface area contributed by atoms with Gasteiger partial charge in [0.05, 0.1) is 24.5 Å². The van der Waals surface area contributed by atoms with Crippen LogP contribution in [0.25, 0.3) is 0 Å². The van der Waals surface area contributed by atoms with E-state index in [1.807, 2.05) is 0 Å². The number of carbonyl (C=O) groups excluding carboxylic acids is 1. The van der Waals surface area contributed by atoms with E-state index >= 15 is 0 Å². The monoisotopic (exact) mass is 461 g/mol. The SMILES string of the molecule is O=C(COc1ccc(Cl)cc1O)NC12CC(n3cc(OCCOC(F)(F)F)cn3)(C1)C2. The Balaban J connectivity index is 1.21. The lowest BCUT2D eigenvalue weighted by Gasteiger charge is -2.69. The number of hydrogen-bond donors (Lipinski definition) is 2. The third-order valence-electron chi connectivity index (χ3n) is 5.35. The molecule has 3 aliphatic carbocycles. The predicted molar refractivity (Wildman–Crippen MR) is 101 cm³/mol. The third-order valence-corrected chi connectivity index (χ3v) is 5.58. The molecule has 0 aliphatic heterocycles. The van der Waals surface area contributed by atoms with Gasteiger partial charge in [0.25, 0.3) is 5.91 Å². The van der Waals surface area contributed by atoms with Gasteiger partial charge in [-0.15, -0.1) is 13.2 Å². The Morgan fingerprint density at radius 2 is 2.00 bits per heavy atom. The first kappa shape index (κ1) is 21.6. The number of hydrogen-bond acceptors (Lipinski definition) is 6. The Labute approximate surface area is 179 Å². The highest BCUT2D eigenvalue weighted by molar-refractivity contribution is 6.30. The molecule has 0 atom stereocenters. The summed E-state index contributed by atoms with van der Waals surface area (Å²) in [5, 5.41) is 17.3. The van der Waals surface area contributed by atoms with Crippen LogP contribution in [-0.4, -0.2) is 52.5 Å². The van der Waals surface area contributed by atoms with Gasteiger partial charge in [0, 0.05) is 16.6 Å². The molecule has 5 rings (SSSR count). The van der Waals surface area contributed by atoms with E-state index in [4.69, 9.17) is 21.1 Å². The van der Waals surface area contributed by atoms with Crippen molar-refractivity contribution in [2.45, 2.75) is 36.7 Å². The molecule has 1 aromatic heterocycles.